The third-order valence-corrected chi connectivity index (χ3v) is 8.73. The van der Waals surface area contributed by atoms with Crippen LogP contribution in [0.25, 0.3) is 17.9 Å². The van der Waals surface area contributed by atoms with Crippen molar-refractivity contribution >= 4 is 46.7 Å². The Labute approximate surface area is 222 Å². The van der Waals surface area contributed by atoms with Crippen LogP contribution in [0.15, 0.2) is 34.5 Å². The zero-order valence-electron chi connectivity index (χ0n) is 20.9. The molecule has 4 atom stereocenters. The van der Waals surface area contributed by atoms with Crippen LogP contribution in [0, 0.1) is 18.8 Å². The van der Waals surface area contributed by atoms with Crippen molar-refractivity contribution in [3.8, 4) is 5.75 Å². The molecule has 0 unspecified atom stereocenters. The number of aromatic hydroxyl groups is 1. The Bertz CT molecular complexity index is 1500. The molecule has 0 aliphatic heterocycles. The number of aromatic nitrogens is 1. The molecule has 1 aromatic heterocycles. The van der Waals surface area contributed by atoms with Crippen molar-refractivity contribution in [1.82, 2.24) is 9.88 Å². The number of likely N-dealkylation sites (N-methyl/N-ethyl adjacent to an activating group) is 1. The summed E-state index contributed by atoms with van der Waals surface area (Å²) < 4.78 is 0. The number of primary amides is 1. The average molecular weight is 538 g/mol. The van der Waals surface area contributed by atoms with E-state index >= 15 is 0 Å². The van der Waals surface area contributed by atoms with Crippen LogP contribution in [-0.2, 0) is 20.8 Å². The number of thiazole rings is 1. The molecule has 1 heterocycles. The predicted octanol–water partition coefficient (Wildman–Crippen LogP) is 1.90. The van der Waals surface area contributed by atoms with Gasteiger partial charge in [0.15, 0.2) is 11.4 Å². The van der Waals surface area contributed by atoms with Gasteiger partial charge in [-0.05, 0) is 63.0 Å². The molecule has 1 fully saturated rings. The van der Waals surface area contributed by atoms with Gasteiger partial charge in [-0.3, -0.25) is 19.3 Å². The minimum atomic E-state index is -2.65. The molecule has 0 bridgehead atoms. The number of aliphatic hydroxyl groups is 3. The van der Waals surface area contributed by atoms with Crippen LogP contribution in [0.3, 0.4) is 0 Å². The number of aliphatic hydroxyl groups excluding tert-OH is 2. The highest BCUT2D eigenvalue weighted by Crippen LogP contribution is 2.53. The fourth-order valence-electron chi connectivity index (χ4n) is 6.06. The summed E-state index contributed by atoms with van der Waals surface area (Å²) in [5, 5.41) is 44.5. The van der Waals surface area contributed by atoms with Crippen molar-refractivity contribution in [1.29, 1.82) is 0 Å². The monoisotopic (exact) mass is 537 g/mol. The number of carbonyl (C=O) groups excluding carboxylic acids is 3. The van der Waals surface area contributed by atoms with Gasteiger partial charge in [0.2, 0.25) is 5.78 Å². The first kappa shape index (κ1) is 25.8. The summed E-state index contributed by atoms with van der Waals surface area (Å²) in [6.45, 7) is 1.89. The summed E-state index contributed by atoms with van der Waals surface area (Å²) in [6, 6.07) is 2.00. The van der Waals surface area contributed by atoms with Crippen LogP contribution in [0.4, 0.5) is 0 Å². The Morgan fingerprint density at radius 2 is 1.92 bits per heavy atom. The van der Waals surface area contributed by atoms with Crippen molar-refractivity contribution in [3.63, 3.8) is 0 Å². The topological polar surface area (TPSA) is 174 Å². The van der Waals surface area contributed by atoms with E-state index in [1.807, 2.05) is 19.1 Å². The predicted molar refractivity (Wildman–Crippen MR) is 140 cm³/mol. The number of phenols is 1. The van der Waals surface area contributed by atoms with Crippen molar-refractivity contribution in [2.45, 2.75) is 31.4 Å². The van der Waals surface area contributed by atoms with E-state index < -0.39 is 58.0 Å². The maximum atomic E-state index is 13.9. The lowest BCUT2D eigenvalue weighted by molar-refractivity contribution is -0.153. The molecule has 3 aliphatic rings. The number of hydrogen-bond acceptors (Lipinski definition) is 10. The Hall–Kier alpha value is -3.80. The van der Waals surface area contributed by atoms with E-state index in [1.165, 1.54) is 22.3 Å². The van der Waals surface area contributed by atoms with E-state index in [9.17, 15) is 34.8 Å². The number of hydrogen-bond donors (Lipinski definition) is 5. The molecule has 0 radical (unpaired) electrons. The molecule has 38 heavy (non-hydrogen) atoms. The summed E-state index contributed by atoms with van der Waals surface area (Å²) in [5.74, 6) is -6.68. The van der Waals surface area contributed by atoms with Crippen molar-refractivity contribution < 1.29 is 34.8 Å². The summed E-state index contributed by atoms with van der Waals surface area (Å²) in [6.07, 6.45) is 4.00. The van der Waals surface area contributed by atoms with Gasteiger partial charge in [-0.25, -0.2) is 4.98 Å². The van der Waals surface area contributed by atoms with Gasteiger partial charge in [0.1, 0.15) is 22.8 Å². The second-order valence-electron chi connectivity index (χ2n) is 10.1. The van der Waals surface area contributed by atoms with Crippen molar-refractivity contribution in [2.75, 3.05) is 14.1 Å². The molecule has 3 aliphatic carbocycles. The van der Waals surface area contributed by atoms with Gasteiger partial charge >= 0.3 is 0 Å². The second-order valence-corrected chi connectivity index (χ2v) is 11.0. The Kier molecular flexibility index (Phi) is 6.05. The van der Waals surface area contributed by atoms with Gasteiger partial charge in [0.25, 0.3) is 5.91 Å². The summed E-state index contributed by atoms with van der Waals surface area (Å²) in [5.41, 5.74) is 5.66. The molecule has 6 N–H and O–H groups in total. The quantitative estimate of drug-likeness (QED) is 0.365. The van der Waals surface area contributed by atoms with Crippen molar-refractivity contribution in [3.05, 3.63) is 61.8 Å². The number of aryl methyl sites for hydroxylation is 1. The number of nitrogens with two attached hydrogens (primary N) is 1. The molecule has 11 heteroatoms. The molecule has 10 nitrogen and oxygen atoms in total. The minimum Gasteiger partial charge on any atom is -0.508 e. The number of benzene rings is 1. The molecule has 1 saturated carbocycles. The molecular formula is C27H27N3O7S. The first-order chi connectivity index (χ1) is 17.9. The molecule has 2 aromatic rings. The fraction of sp³-hybridized carbons (Fsp3) is 0.333. The van der Waals surface area contributed by atoms with Crippen LogP contribution < -0.4 is 5.73 Å². The second kappa shape index (κ2) is 8.90. The first-order valence-electron chi connectivity index (χ1n) is 12.0. The summed E-state index contributed by atoms with van der Waals surface area (Å²) >= 11 is 1.47. The van der Waals surface area contributed by atoms with Gasteiger partial charge in [0.05, 0.1) is 22.8 Å². The van der Waals surface area contributed by atoms with E-state index in [0.29, 0.717) is 11.1 Å². The first-order valence-corrected chi connectivity index (χ1v) is 12.8. The van der Waals surface area contributed by atoms with Crippen LogP contribution in [-0.4, -0.2) is 73.5 Å². The summed E-state index contributed by atoms with van der Waals surface area (Å²) in [4.78, 5) is 45.8. The molecule has 1 aromatic carbocycles. The third kappa shape index (κ3) is 3.53. The lowest BCUT2D eigenvalue weighted by atomic mass is 9.57. The van der Waals surface area contributed by atoms with E-state index in [-0.39, 0.29) is 29.7 Å². The zero-order chi connectivity index (χ0) is 27.7. The van der Waals surface area contributed by atoms with Gasteiger partial charge < -0.3 is 26.2 Å². The number of ketones is 2. The molecular weight excluding hydrogens is 510 g/mol. The maximum absolute atomic E-state index is 13.9. The largest absolute Gasteiger partial charge is 0.508 e. The molecule has 5 rings (SSSR count). The van der Waals surface area contributed by atoms with Crippen LogP contribution in [0.2, 0.25) is 0 Å². The number of rotatable bonds is 4. The highest BCUT2D eigenvalue weighted by molar-refractivity contribution is 7.10. The number of amides is 1. The van der Waals surface area contributed by atoms with E-state index in [4.69, 9.17) is 5.73 Å². The molecule has 198 valence electrons. The van der Waals surface area contributed by atoms with Gasteiger partial charge in [-0.15, -0.1) is 11.3 Å². The van der Waals surface area contributed by atoms with E-state index in [0.717, 1.165) is 10.6 Å². The Morgan fingerprint density at radius 3 is 2.53 bits per heavy atom. The Balaban J connectivity index is 1.68. The lowest BCUT2D eigenvalue weighted by Crippen LogP contribution is -2.65. The highest BCUT2D eigenvalue weighted by atomic mass is 32.1. The third-order valence-electron chi connectivity index (χ3n) is 7.84. The van der Waals surface area contributed by atoms with Gasteiger partial charge in [-0.2, -0.15) is 0 Å². The minimum absolute atomic E-state index is 0.0402. The summed E-state index contributed by atoms with van der Waals surface area (Å²) in [7, 11) is 3.13. The van der Waals surface area contributed by atoms with E-state index in [2.05, 4.69) is 4.98 Å². The number of nitrogens with zero attached hydrogens (tertiary/aromatic N) is 2. The number of phenolic OH excluding ortho intramolecular Hbond substituents is 1. The number of fused-ring (bicyclic) bond motifs is 3. The number of Topliss-reactive ketones (excluding diaryl/α,β-unsaturated/α-hetero) is 2. The maximum Gasteiger partial charge on any atom is 0.255 e. The highest BCUT2D eigenvalue weighted by Gasteiger charge is 2.64. The zero-order valence-corrected chi connectivity index (χ0v) is 21.7. The van der Waals surface area contributed by atoms with Crippen LogP contribution in [0.5, 0.6) is 5.75 Å². The van der Waals surface area contributed by atoms with Crippen LogP contribution in [0.1, 0.15) is 33.7 Å². The number of carbonyl (C=O) groups is 3. The normalized spacial score (nSPS) is 27.1. The standard InChI is InChI=1S/C27H27N3O7S/c1-11-17(38-10-29-11)7-5-12-4-6-16(31)19-14(12)8-13-9-15-21(30(2)3)23(33)20(26(28)36)25(35)27(15,37)24(34)18(13)22(19)32/h4-7,10,13,15,21,31-32,35,37H,8-9H2,1-3H3,(H2,28,36)/b7-5+/t13-,15-,21-,27-/m1/s1. The average Bonchev–Trinajstić information content (AvgIpc) is 3.25. The molecule has 0 spiro atoms. The van der Waals surface area contributed by atoms with Crippen molar-refractivity contribution in [2.24, 2.45) is 17.6 Å². The lowest BCUT2D eigenvalue weighted by Gasteiger charge is -2.50. The molecule has 0 saturated heterocycles. The smallest absolute Gasteiger partial charge is 0.255 e. The fourth-order valence-corrected chi connectivity index (χ4v) is 6.75. The van der Waals surface area contributed by atoms with Gasteiger partial charge in [-0.1, -0.05) is 12.1 Å². The molecule has 1 amide bonds. The van der Waals surface area contributed by atoms with Gasteiger partial charge in [0, 0.05) is 16.4 Å². The van der Waals surface area contributed by atoms with Crippen LogP contribution >= 0.6 is 11.3 Å². The Morgan fingerprint density at radius 1 is 1.21 bits per heavy atom. The SMILES string of the molecule is Cc1ncsc1/C=C/c1ccc(O)c2c1C[C@@H]1C[C@@H]3[C@@H](N(C)C)C(=O)C(C(N)=O)=C(O)[C@]3(O)C(=O)C1=C2O. The van der Waals surface area contributed by atoms with E-state index in [1.54, 1.807) is 25.7 Å².